The van der Waals surface area contributed by atoms with Crippen molar-refractivity contribution in [3.8, 4) is 0 Å². The molecule has 0 spiro atoms. The summed E-state index contributed by atoms with van der Waals surface area (Å²) < 4.78 is 2.53. The molecule has 0 unspecified atom stereocenters. The largest absolute Gasteiger partial charge is 0.283 e. The fourth-order valence-electron chi connectivity index (χ4n) is 2.08. The van der Waals surface area contributed by atoms with Gasteiger partial charge < -0.3 is 0 Å². The lowest BCUT2D eigenvalue weighted by Gasteiger charge is -2.18. The van der Waals surface area contributed by atoms with Gasteiger partial charge in [0.15, 0.2) is 0 Å². The first-order valence-corrected chi connectivity index (χ1v) is 7.58. The average Bonchev–Trinajstić information content (AvgIpc) is 2.74. The molecule has 21 heavy (non-hydrogen) atoms. The lowest BCUT2D eigenvalue weighted by atomic mass is 9.96. The van der Waals surface area contributed by atoms with Crippen molar-refractivity contribution in [1.82, 2.24) is 19.7 Å². The van der Waals surface area contributed by atoms with Gasteiger partial charge in [-0.3, -0.25) is 10.00 Å². The summed E-state index contributed by atoms with van der Waals surface area (Å²) in [5.74, 6) is 0.927. The molecule has 0 saturated carbocycles. The highest BCUT2D eigenvalue weighted by atomic mass is 32.1. The van der Waals surface area contributed by atoms with E-state index in [1.54, 1.807) is 0 Å². The Morgan fingerprint density at radius 3 is 2.38 bits per heavy atom. The van der Waals surface area contributed by atoms with Crippen LogP contribution in [-0.2, 0) is 18.6 Å². The summed E-state index contributed by atoms with van der Waals surface area (Å²) in [4.78, 5) is 6.66. The first-order valence-electron chi connectivity index (χ1n) is 7.17. The van der Waals surface area contributed by atoms with Crippen LogP contribution in [0.3, 0.4) is 0 Å². The van der Waals surface area contributed by atoms with Crippen molar-refractivity contribution in [3.05, 3.63) is 46.0 Å². The molecule has 4 nitrogen and oxygen atoms in total. The van der Waals surface area contributed by atoms with Crippen LogP contribution >= 0.6 is 12.2 Å². The quantitative estimate of drug-likeness (QED) is 0.876. The number of aromatic amines is 1. The monoisotopic (exact) mass is 304 g/mol. The zero-order valence-corrected chi connectivity index (χ0v) is 14.3. The van der Waals surface area contributed by atoms with E-state index >= 15 is 0 Å². The summed E-state index contributed by atoms with van der Waals surface area (Å²) in [5.41, 5.74) is 2.56. The summed E-state index contributed by atoms with van der Waals surface area (Å²) in [6, 6.07) is 8.61. The highest BCUT2D eigenvalue weighted by molar-refractivity contribution is 7.71. The molecular formula is C16H24N4S. The van der Waals surface area contributed by atoms with Crippen molar-refractivity contribution < 1.29 is 0 Å². The van der Waals surface area contributed by atoms with Gasteiger partial charge in [0.1, 0.15) is 5.82 Å². The van der Waals surface area contributed by atoms with Crippen LogP contribution in [0, 0.1) is 11.7 Å². The molecule has 0 aliphatic carbocycles. The second-order valence-corrected chi connectivity index (χ2v) is 7.04. The van der Waals surface area contributed by atoms with E-state index in [0.717, 1.165) is 12.4 Å². The Balaban J connectivity index is 2.06. The normalized spacial score (nSPS) is 12.1. The lowest BCUT2D eigenvalue weighted by molar-refractivity contribution is 0.243. The number of hydrogen-bond acceptors (Lipinski definition) is 3. The lowest BCUT2D eigenvalue weighted by Crippen LogP contribution is -2.23. The maximum absolute atomic E-state index is 5.34. The van der Waals surface area contributed by atoms with E-state index in [1.807, 2.05) is 4.68 Å². The summed E-state index contributed by atoms with van der Waals surface area (Å²) in [5, 5.41) is 3.31. The molecule has 0 radical (unpaired) electrons. The topological polar surface area (TPSA) is 36.9 Å². The minimum atomic E-state index is -0.0195. The van der Waals surface area contributed by atoms with E-state index in [9.17, 15) is 0 Å². The SMILES string of the molecule is Cc1ccc(CN(C)Cn2[nH]c(C(C)(C)C)nc2=S)cc1. The second kappa shape index (κ2) is 6.12. The van der Waals surface area contributed by atoms with Crippen molar-refractivity contribution >= 4 is 12.2 Å². The van der Waals surface area contributed by atoms with Crippen molar-refractivity contribution in [1.29, 1.82) is 0 Å². The Kier molecular flexibility index (Phi) is 4.64. The third kappa shape index (κ3) is 4.25. The van der Waals surface area contributed by atoms with Crippen LogP contribution in [0.5, 0.6) is 0 Å². The molecule has 0 amide bonds. The molecule has 2 rings (SSSR count). The summed E-state index contributed by atoms with van der Waals surface area (Å²) in [6.45, 7) is 10.1. The Morgan fingerprint density at radius 1 is 1.24 bits per heavy atom. The molecular weight excluding hydrogens is 280 g/mol. The van der Waals surface area contributed by atoms with Crippen LogP contribution in [0.1, 0.15) is 37.7 Å². The first kappa shape index (κ1) is 15.9. The average molecular weight is 304 g/mol. The highest BCUT2D eigenvalue weighted by Gasteiger charge is 2.18. The molecule has 114 valence electrons. The Bertz CT molecular complexity index is 646. The van der Waals surface area contributed by atoms with Gasteiger partial charge in [-0.05, 0) is 31.8 Å². The van der Waals surface area contributed by atoms with Gasteiger partial charge in [-0.25, -0.2) is 9.67 Å². The molecule has 0 fully saturated rings. The number of nitrogens with one attached hydrogen (secondary N) is 1. The van der Waals surface area contributed by atoms with Crippen LogP contribution < -0.4 is 0 Å². The van der Waals surface area contributed by atoms with Crippen LogP contribution in [0.25, 0.3) is 0 Å². The highest BCUT2D eigenvalue weighted by Crippen LogP contribution is 2.17. The third-order valence-corrected chi connectivity index (χ3v) is 3.66. The molecule has 5 heteroatoms. The minimum Gasteiger partial charge on any atom is -0.283 e. The van der Waals surface area contributed by atoms with Crippen molar-refractivity contribution in [3.63, 3.8) is 0 Å². The van der Waals surface area contributed by atoms with Gasteiger partial charge in [-0.15, -0.1) is 0 Å². The fraction of sp³-hybridized carbons (Fsp3) is 0.500. The maximum atomic E-state index is 5.34. The molecule has 1 N–H and O–H groups in total. The van der Waals surface area contributed by atoms with Gasteiger partial charge >= 0.3 is 0 Å². The predicted octanol–water partition coefficient (Wildman–Crippen LogP) is 3.64. The number of hydrogen-bond donors (Lipinski definition) is 1. The van der Waals surface area contributed by atoms with Crippen molar-refractivity contribution in [2.75, 3.05) is 7.05 Å². The molecule has 0 bridgehead atoms. The third-order valence-electron chi connectivity index (χ3n) is 3.35. The molecule has 0 aliphatic rings. The van der Waals surface area contributed by atoms with Gasteiger partial charge in [0.05, 0.1) is 6.67 Å². The molecule has 0 aliphatic heterocycles. The van der Waals surface area contributed by atoms with Crippen molar-refractivity contribution in [2.45, 2.75) is 46.3 Å². The van der Waals surface area contributed by atoms with E-state index in [0.29, 0.717) is 11.4 Å². The van der Waals surface area contributed by atoms with Gasteiger partial charge in [-0.2, -0.15) is 0 Å². The number of nitrogens with zero attached hydrogens (tertiary/aromatic N) is 3. The number of H-pyrrole nitrogens is 1. The minimum absolute atomic E-state index is 0.0195. The van der Waals surface area contributed by atoms with Crippen LogP contribution in [0.15, 0.2) is 24.3 Å². The zero-order valence-electron chi connectivity index (χ0n) is 13.5. The van der Waals surface area contributed by atoms with E-state index < -0.39 is 0 Å². The van der Waals surface area contributed by atoms with Gasteiger partial charge in [0.25, 0.3) is 0 Å². The van der Waals surface area contributed by atoms with Gasteiger partial charge in [0, 0.05) is 12.0 Å². The molecule has 2 aromatic rings. The Labute approximate surface area is 131 Å². The molecule has 1 aromatic carbocycles. The molecule has 1 aromatic heterocycles. The smallest absolute Gasteiger partial charge is 0.217 e. The zero-order chi connectivity index (χ0) is 15.6. The number of aromatic nitrogens is 3. The summed E-state index contributed by atoms with van der Waals surface area (Å²) >= 11 is 5.34. The standard InChI is InChI=1S/C16H24N4S/c1-12-6-8-13(9-7-12)10-19(5)11-20-15(21)17-14(18-20)16(2,3)4/h6-9H,10-11H2,1-5H3,(H,17,18,21). The second-order valence-electron chi connectivity index (χ2n) is 6.67. The van der Waals surface area contributed by atoms with E-state index in [-0.39, 0.29) is 5.41 Å². The van der Waals surface area contributed by atoms with Gasteiger partial charge in [0.2, 0.25) is 4.77 Å². The molecule has 0 atom stereocenters. The summed E-state index contributed by atoms with van der Waals surface area (Å²) in [6.07, 6.45) is 0. The Hall–Kier alpha value is -1.46. The van der Waals surface area contributed by atoms with Crippen molar-refractivity contribution in [2.24, 2.45) is 0 Å². The number of aryl methyl sites for hydroxylation is 1. The maximum Gasteiger partial charge on any atom is 0.217 e. The fourth-order valence-corrected chi connectivity index (χ4v) is 2.28. The Morgan fingerprint density at radius 2 is 1.86 bits per heavy atom. The predicted molar refractivity (Wildman–Crippen MR) is 88.8 cm³/mol. The number of benzene rings is 1. The van der Waals surface area contributed by atoms with Crippen LogP contribution in [0.4, 0.5) is 0 Å². The molecule has 1 heterocycles. The van der Waals surface area contributed by atoms with E-state index in [2.05, 4.69) is 74.0 Å². The first-order chi connectivity index (χ1) is 9.75. The summed E-state index contributed by atoms with van der Waals surface area (Å²) in [7, 11) is 2.08. The van der Waals surface area contributed by atoms with E-state index in [1.165, 1.54) is 11.1 Å². The van der Waals surface area contributed by atoms with Gasteiger partial charge in [-0.1, -0.05) is 50.6 Å². The number of rotatable bonds is 4. The molecule has 0 saturated heterocycles. The van der Waals surface area contributed by atoms with E-state index in [4.69, 9.17) is 12.2 Å². The van der Waals surface area contributed by atoms with Crippen LogP contribution in [0.2, 0.25) is 0 Å². The van der Waals surface area contributed by atoms with Crippen LogP contribution in [-0.4, -0.2) is 26.7 Å².